The largest absolute Gasteiger partial charge is 0.272 e. The summed E-state index contributed by atoms with van der Waals surface area (Å²) in [4.78, 5) is 16.4. The maximum Gasteiger partial charge on any atom is 0.250 e. The summed E-state index contributed by atoms with van der Waals surface area (Å²) in [5, 5.41) is 13.4. The van der Waals surface area contributed by atoms with Crippen LogP contribution < -0.4 is 5.43 Å². The van der Waals surface area contributed by atoms with Crippen LogP contribution in [0.25, 0.3) is 17.1 Å². The van der Waals surface area contributed by atoms with Crippen LogP contribution in [-0.2, 0) is 4.79 Å². The van der Waals surface area contributed by atoms with E-state index in [1.165, 1.54) is 17.3 Å². The molecule has 1 N–H and O–H groups in total. The van der Waals surface area contributed by atoms with E-state index in [1.807, 2.05) is 79.1 Å². The molecule has 4 rings (SSSR count). The molecular formula is C24H22N6OS. The molecule has 0 bridgehead atoms. The minimum atomic E-state index is -0.220. The van der Waals surface area contributed by atoms with Gasteiger partial charge >= 0.3 is 0 Å². The fourth-order valence-corrected chi connectivity index (χ4v) is 3.72. The Balaban J connectivity index is 1.49. The second-order valence-corrected chi connectivity index (χ2v) is 8.15. The van der Waals surface area contributed by atoms with E-state index in [4.69, 9.17) is 0 Å². The highest BCUT2D eigenvalue weighted by atomic mass is 32.2. The second kappa shape index (κ2) is 10.0. The van der Waals surface area contributed by atoms with Crippen molar-refractivity contribution in [2.75, 3.05) is 5.75 Å². The van der Waals surface area contributed by atoms with Crippen LogP contribution in [0, 0.1) is 13.8 Å². The van der Waals surface area contributed by atoms with Crippen LogP contribution in [0.5, 0.6) is 0 Å². The molecule has 2 aromatic carbocycles. The lowest BCUT2D eigenvalue weighted by molar-refractivity contribution is -0.118. The molecule has 160 valence electrons. The first-order valence-corrected chi connectivity index (χ1v) is 11.0. The number of amides is 1. The first-order valence-electron chi connectivity index (χ1n) is 10.0. The van der Waals surface area contributed by atoms with E-state index in [-0.39, 0.29) is 11.7 Å². The fourth-order valence-electron chi connectivity index (χ4n) is 2.97. The summed E-state index contributed by atoms with van der Waals surface area (Å²) in [6.45, 7) is 4.06. The standard InChI is InChI=1S/C24H22N6OS/c1-17-3-7-19(8-4-17)15-26-27-22(31)16-32-24-29-28-23(20-11-13-25-14-12-20)30(24)21-9-5-18(2)6-10-21/h3-15H,16H2,1-2H3,(H,27,31)/b26-15+. The smallest absolute Gasteiger partial charge is 0.250 e. The number of thioether (sulfide) groups is 1. The molecule has 1 amide bonds. The molecule has 0 aliphatic carbocycles. The van der Waals surface area contributed by atoms with Crippen molar-refractivity contribution < 1.29 is 4.79 Å². The predicted molar refractivity (Wildman–Crippen MR) is 127 cm³/mol. The number of aryl methyl sites for hydroxylation is 2. The van der Waals surface area contributed by atoms with Crippen LogP contribution in [0.2, 0.25) is 0 Å². The molecule has 7 nitrogen and oxygen atoms in total. The van der Waals surface area contributed by atoms with Crippen LogP contribution in [0.3, 0.4) is 0 Å². The van der Waals surface area contributed by atoms with E-state index in [9.17, 15) is 4.79 Å². The van der Waals surface area contributed by atoms with Gasteiger partial charge in [0, 0.05) is 23.6 Å². The fraction of sp³-hybridized carbons (Fsp3) is 0.125. The van der Waals surface area contributed by atoms with Gasteiger partial charge in [0.25, 0.3) is 5.91 Å². The van der Waals surface area contributed by atoms with Crippen molar-refractivity contribution in [2.24, 2.45) is 5.10 Å². The Morgan fingerprint density at radius 2 is 1.62 bits per heavy atom. The van der Waals surface area contributed by atoms with Crippen LogP contribution >= 0.6 is 11.8 Å². The zero-order valence-electron chi connectivity index (χ0n) is 17.8. The van der Waals surface area contributed by atoms with Crippen LogP contribution in [0.1, 0.15) is 16.7 Å². The maximum absolute atomic E-state index is 12.3. The van der Waals surface area contributed by atoms with Gasteiger partial charge in [-0.2, -0.15) is 5.10 Å². The van der Waals surface area contributed by atoms with Crippen molar-refractivity contribution in [2.45, 2.75) is 19.0 Å². The monoisotopic (exact) mass is 442 g/mol. The Kier molecular flexibility index (Phi) is 6.72. The highest BCUT2D eigenvalue weighted by Crippen LogP contribution is 2.27. The Morgan fingerprint density at radius 1 is 0.969 bits per heavy atom. The predicted octanol–water partition coefficient (Wildman–Crippen LogP) is 4.19. The summed E-state index contributed by atoms with van der Waals surface area (Å²) in [6.07, 6.45) is 5.06. The van der Waals surface area contributed by atoms with Gasteiger partial charge in [-0.15, -0.1) is 10.2 Å². The van der Waals surface area contributed by atoms with E-state index in [0.29, 0.717) is 11.0 Å². The number of hydrogen-bond acceptors (Lipinski definition) is 6. The lowest BCUT2D eigenvalue weighted by Crippen LogP contribution is -2.20. The number of nitrogens with one attached hydrogen (secondary N) is 1. The lowest BCUT2D eigenvalue weighted by atomic mass is 10.2. The first kappa shape index (κ1) is 21.5. The molecule has 0 atom stereocenters. The van der Waals surface area contributed by atoms with Gasteiger partial charge in [0.2, 0.25) is 0 Å². The molecule has 0 aliphatic heterocycles. The van der Waals surface area contributed by atoms with Crippen molar-refractivity contribution in [1.82, 2.24) is 25.2 Å². The molecule has 4 aromatic rings. The van der Waals surface area contributed by atoms with Gasteiger partial charge in [-0.1, -0.05) is 59.3 Å². The Hall–Kier alpha value is -3.78. The molecule has 32 heavy (non-hydrogen) atoms. The van der Waals surface area contributed by atoms with Gasteiger partial charge in [0.15, 0.2) is 11.0 Å². The highest BCUT2D eigenvalue weighted by Gasteiger charge is 2.17. The molecule has 0 fully saturated rings. The number of carbonyl (C=O) groups excluding carboxylic acids is 1. The summed E-state index contributed by atoms with van der Waals surface area (Å²) in [6, 6.07) is 19.8. The van der Waals surface area contributed by atoms with Crippen LogP contribution in [0.4, 0.5) is 0 Å². The Labute approximate surface area is 190 Å². The summed E-state index contributed by atoms with van der Waals surface area (Å²) in [5.41, 5.74) is 7.64. The SMILES string of the molecule is Cc1ccc(/C=N/NC(=O)CSc2nnc(-c3ccncc3)n2-c2ccc(C)cc2)cc1. The quantitative estimate of drug-likeness (QED) is 0.264. The molecular weight excluding hydrogens is 420 g/mol. The van der Waals surface area contributed by atoms with E-state index >= 15 is 0 Å². The molecule has 0 spiro atoms. The van der Waals surface area contributed by atoms with Gasteiger partial charge in [0.1, 0.15) is 0 Å². The number of pyridine rings is 1. The van der Waals surface area contributed by atoms with Gasteiger partial charge in [-0.3, -0.25) is 14.3 Å². The maximum atomic E-state index is 12.3. The normalized spacial score (nSPS) is 11.1. The molecule has 0 radical (unpaired) electrons. The van der Waals surface area contributed by atoms with E-state index in [1.54, 1.807) is 18.6 Å². The molecule has 0 saturated heterocycles. The lowest BCUT2D eigenvalue weighted by Gasteiger charge is -2.10. The topological polar surface area (TPSA) is 85.1 Å². The molecule has 2 aromatic heterocycles. The van der Waals surface area contributed by atoms with Crippen LogP contribution in [0.15, 0.2) is 83.3 Å². The highest BCUT2D eigenvalue weighted by molar-refractivity contribution is 7.99. The molecule has 0 saturated carbocycles. The van der Waals surface area contributed by atoms with Crippen LogP contribution in [-0.4, -0.2) is 37.6 Å². The third-order valence-corrected chi connectivity index (χ3v) is 5.61. The number of benzene rings is 2. The number of rotatable bonds is 7. The second-order valence-electron chi connectivity index (χ2n) is 7.21. The van der Waals surface area contributed by atoms with Gasteiger partial charge in [-0.25, -0.2) is 5.43 Å². The minimum absolute atomic E-state index is 0.158. The van der Waals surface area contributed by atoms with Gasteiger partial charge in [-0.05, 0) is 43.7 Å². The molecule has 0 unspecified atom stereocenters. The average Bonchev–Trinajstić information content (AvgIpc) is 3.24. The number of nitrogens with zero attached hydrogens (tertiary/aromatic N) is 5. The summed E-state index contributed by atoms with van der Waals surface area (Å²) < 4.78 is 1.95. The number of hydrazone groups is 1. The van der Waals surface area contributed by atoms with Crippen molar-refractivity contribution in [3.63, 3.8) is 0 Å². The summed E-state index contributed by atoms with van der Waals surface area (Å²) in [5.74, 6) is 0.629. The summed E-state index contributed by atoms with van der Waals surface area (Å²) in [7, 11) is 0. The molecule has 0 aliphatic rings. The minimum Gasteiger partial charge on any atom is -0.272 e. The van der Waals surface area contributed by atoms with Crippen molar-refractivity contribution in [3.05, 3.63) is 89.7 Å². The van der Waals surface area contributed by atoms with E-state index in [0.717, 1.165) is 22.4 Å². The summed E-state index contributed by atoms with van der Waals surface area (Å²) >= 11 is 1.31. The third kappa shape index (κ3) is 5.28. The number of carbonyl (C=O) groups is 1. The molecule has 8 heteroatoms. The Morgan fingerprint density at radius 3 is 2.31 bits per heavy atom. The van der Waals surface area contributed by atoms with Gasteiger partial charge < -0.3 is 0 Å². The van der Waals surface area contributed by atoms with E-state index < -0.39 is 0 Å². The van der Waals surface area contributed by atoms with Crippen molar-refractivity contribution in [3.8, 4) is 17.1 Å². The third-order valence-electron chi connectivity index (χ3n) is 4.68. The number of hydrogen-bond donors (Lipinski definition) is 1. The van der Waals surface area contributed by atoms with Crippen molar-refractivity contribution >= 4 is 23.9 Å². The first-order chi connectivity index (χ1) is 15.6. The zero-order chi connectivity index (χ0) is 22.3. The average molecular weight is 443 g/mol. The Bertz CT molecular complexity index is 1220. The van der Waals surface area contributed by atoms with Crippen molar-refractivity contribution in [1.29, 1.82) is 0 Å². The molecule has 2 heterocycles. The number of aromatic nitrogens is 4. The van der Waals surface area contributed by atoms with Gasteiger partial charge in [0.05, 0.1) is 12.0 Å². The zero-order valence-corrected chi connectivity index (χ0v) is 18.6. The van der Waals surface area contributed by atoms with E-state index in [2.05, 4.69) is 25.7 Å².